The SMILES string of the molecule is NC(=O)COc1ccc(C(=O)NC2CCC(=O)NC2)cc1. The second-order valence-corrected chi connectivity index (χ2v) is 4.79. The van der Waals surface area contributed by atoms with Crippen molar-refractivity contribution in [2.45, 2.75) is 18.9 Å². The highest BCUT2D eigenvalue weighted by Gasteiger charge is 2.20. The maximum Gasteiger partial charge on any atom is 0.255 e. The molecule has 2 rings (SSSR count). The lowest BCUT2D eigenvalue weighted by Gasteiger charge is -2.23. The van der Waals surface area contributed by atoms with Gasteiger partial charge in [-0.15, -0.1) is 0 Å². The zero-order valence-electron chi connectivity index (χ0n) is 11.4. The first-order chi connectivity index (χ1) is 10.0. The van der Waals surface area contributed by atoms with Crippen molar-refractivity contribution < 1.29 is 19.1 Å². The molecule has 0 aromatic heterocycles. The third kappa shape index (κ3) is 4.48. The summed E-state index contributed by atoms with van der Waals surface area (Å²) in [5.74, 6) is -0.291. The summed E-state index contributed by atoms with van der Waals surface area (Å²) in [6.07, 6.45) is 1.06. The van der Waals surface area contributed by atoms with Gasteiger partial charge in [-0.05, 0) is 30.7 Å². The van der Waals surface area contributed by atoms with Crippen LogP contribution in [0.1, 0.15) is 23.2 Å². The number of amides is 3. The molecule has 0 aliphatic carbocycles. The summed E-state index contributed by atoms with van der Waals surface area (Å²) in [4.78, 5) is 33.7. The van der Waals surface area contributed by atoms with Gasteiger partial charge in [0.05, 0.1) is 0 Å². The highest BCUT2D eigenvalue weighted by molar-refractivity contribution is 5.94. The number of nitrogens with one attached hydrogen (secondary N) is 2. The van der Waals surface area contributed by atoms with Gasteiger partial charge in [0.1, 0.15) is 5.75 Å². The van der Waals surface area contributed by atoms with Crippen LogP contribution in [0.5, 0.6) is 5.75 Å². The largest absolute Gasteiger partial charge is 0.484 e. The molecule has 1 heterocycles. The van der Waals surface area contributed by atoms with Crippen LogP contribution in [0.3, 0.4) is 0 Å². The molecule has 1 unspecified atom stereocenters. The summed E-state index contributed by atoms with van der Waals surface area (Å²) in [6, 6.07) is 6.35. The van der Waals surface area contributed by atoms with Gasteiger partial charge in [0, 0.05) is 24.6 Å². The van der Waals surface area contributed by atoms with Crippen LogP contribution in [-0.2, 0) is 9.59 Å². The standard InChI is InChI=1S/C14H17N3O4/c15-12(18)8-21-11-4-1-9(2-5-11)14(20)17-10-3-6-13(19)16-7-10/h1-2,4-5,10H,3,6-8H2,(H2,15,18)(H,16,19)(H,17,20). The maximum absolute atomic E-state index is 12.0. The topological polar surface area (TPSA) is 111 Å². The minimum absolute atomic E-state index is 0.0106. The summed E-state index contributed by atoms with van der Waals surface area (Å²) in [5, 5.41) is 5.56. The Hall–Kier alpha value is -2.57. The van der Waals surface area contributed by atoms with Crippen molar-refractivity contribution in [3.05, 3.63) is 29.8 Å². The van der Waals surface area contributed by atoms with E-state index in [0.29, 0.717) is 30.7 Å². The van der Waals surface area contributed by atoms with Gasteiger partial charge in [0.2, 0.25) is 5.91 Å². The van der Waals surface area contributed by atoms with Crippen molar-refractivity contribution in [1.29, 1.82) is 0 Å². The molecule has 1 aliphatic heterocycles. The highest BCUT2D eigenvalue weighted by Crippen LogP contribution is 2.12. The Morgan fingerprint density at radius 2 is 2.05 bits per heavy atom. The number of hydrogen-bond donors (Lipinski definition) is 3. The zero-order chi connectivity index (χ0) is 15.2. The number of benzene rings is 1. The molecule has 7 heteroatoms. The lowest BCUT2D eigenvalue weighted by Crippen LogP contribution is -2.47. The van der Waals surface area contributed by atoms with E-state index in [1.165, 1.54) is 0 Å². The molecule has 1 aromatic rings. The fraction of sp³-hybridized carbons (Fsp3) is 0.357. The van der Waals surface area contributed by atoms with Crippen LogP contribution >= 0.6 is 0 Å². The number of nitrogens with two attached hydrogens (primary N) is 1. The predicted molar refractivity (Wildman–Crippen MR) is 74.6 cm³/mol. The van der Waals surface area contributed by atoms with Gasteiger partial charge in [-0.1, -0.05) is 0 Å². The van der Waals surface area contributed by atoms with E-state index in [9.17, 15) is 14.4 Å². The molecule has 4 N–H and O–H groups in total. The van der Waals surface area contributed by atoms with Gasteiger partial charge in [-0.25, -0.2) is 0 Å². The highest BCUT2D eigenvalue weighted by atomic mass is 16.5. The van der Waals surface area contributed by atoms with Crippen LogP contribution in [0.2, 0.25) is 0 Å². The molecule has 1 atom stereocenters. The lowest BCUT2D eigenvalue weighted by molar-refractivity contribution is -0.122. The molecule has 1 saturated heterocycles. The van der Waals surface area contributed by atoms with E-state index in [1.54, 1.807) is 24.3 Å². The monoisotopic (exact) mass is 291 g/mol. The Kier molecular flexibility index (Phi) is 4.76. The van der Waals surface area contributed by atoms with Crippen LogP contribution in [0.25, 0.3) is 0 Å². The molecule has 7 nitrogen and oxygen atoms in total. The molecular formula is C14H17N3O4. The van der Waals surface area contributed by atoms with E-state index >= 15 is 0 Å². The number of carbonyl (C=O) groups is 3. The predicted octanol–water partition coefficient (Wildman–Crippen LogP) is -0.441. The zero-order valence-corrected chi connectivity index (χ0v) is 11.4. The number of rotatable bonds is 5. The molecule has 21 heavy (non-hydrogen) atoms. The quantitative estimate of drug-likeness (QED) is 0.683. The summed E-state index contributed by atoms with van der Waals surface area (Å²) in [7, 11) is 0. The minimum atomic E-state index is -0.559. The number of piperidine rings is 1. The Morgan fingerprint density at radius 3 is 2.62 bits per heavy atom. The first-order valence-corrected chi connectivity index (χ1v) is 6.63. The van der Waals surface area contributed by atoms with E-state index in [4.69, 9.17) is 10.5 Å². The third-order valence-corrected chi connectivity index (χ3v) is 3.10. The Morgan fingerprint density at radius 1 is 1.33 bits per heavy atom. The summed E-state index contributed by atoms with van der Waals surface area (Å²) >= 11 is 0. The average Bonchev–Trinajstić information content (AvgIpc) is 2.48. The van der Waals surface area contributed by atoms with Crippen LogP contribution in [0, 0.1) is 0 Å². The molecule has 112 valence electrons. The first kappa shape index (κ1) is 14.8. The van der Waals surface area contributed by atoms with Gasteiger partial charge in [0.15, 0.2) is 6.61 Å². The van der Waals surface area contributed by atoms with Crippen LogP contribution in [0.15, 0.2) is 24.3 Å². The van der Waals surface area contributed by atoms with E-state index < -0.39 is 5.91 Å². The van der Waals surface area contributed by atoms with Crippen LogP contribution in [-0.4, -0.2) is 36.9 Å². The minimum Gasteiger partial charge on any atom is -0.484 e. The van der Waals surface area contributed by atoms with Gasteiger partial charge in [-0.3, -0.25) is 14.4 Å². The molecule has 0 radical (unpaired) electrons. The van der Waals surface area contributed by atoms with Crippen molar-refractivity contribution in [3.63, 3.8) is 0 Å². The number of ether oxygens (including phenoxy) is 1. The maximum atomic E-state index is 12.0. The molecule has 1 aromatic carbocycles. The van der Waals surface area contributed by atoms with E-state index in [1.807, 2.05) is 0 Å². The molecule has 0 saturated carbocycles. The molecule has 0 spiro atoms. The second-order valence-electron chi connectivity index (χ2n) is 4.79. The Labute approximate surface area is 121 Å². The normalized spacial score (nSPS) is 17.7. The van der Waals surface area contributed by atoms with Gasteiger partial charge in [-0.2, -0.15) is 0 Å². The Bertz CT molecular complexity index is 532. The van der Waals surface area contributed by atoms with Crippen molar-refractivity contribution in [2.24, 2.45) is 5.73 Å². The molecule has 1 fully saturated rings. The molecule has 0 bridgehead atoms. The van der Waals surface area contributed by atoms with Gasteiger partial charge >= 0.3 is 0 Å². The van der Waals surface area contributed by atoms with E-state index in [2.05, 4.69) is 10.6 Å². The van der Waals surface area contributed by atoms with Crippen molar-refractivity contribution >= 4 is 17.7 Å². The van der Waals surface area contributed by atoms with Gasteiger partial charge in [0.25, 0.3) is 11.8 Å². The van der Waals surface area contributed by atoms with Crippen molar-refractivity contribution in [2.75, 3.05) is 13.2 Å². The first-order valence-electron chi connectivity index (χ1n) is 6.63. The average molecular weight is 291 g/mol. The summed E-state index contributed by atoms with van der Waals surface area (Å²) in [5.41, 5.74) is 5.46. The lowest BCUT2D eigenvalue weighted by atomic mass is 10.1. The number of carbonyl (C=O) groups excluding carboxylic acids is 3. The van der Waals surface area contributed by atoms with Crippen molar-refractivity contribution in [3.8, 4) is 5.75 Å². The number of primary amides is 1. The molecule has 1 aliphatic rings. The van der Waals surface area contributed by atoms with Crippen molar-refractivity contribution in [1.82, 2.24) is 10.6 Å². The fourth-order valence-corrected chi connectivity index (χ4v) is 1.98. The second kappa shape index (κ2) is 6.74. The van der Waals surface area contributed by atoms with Crippen LogP contribution < -0.4 is 21.1 Å². The Balaban J connectivity index is 1.87. The summed E-state index contributed by atoms with van der Waals surface area (Å²) in [6.45, 7) is 0.248. The van der Waals surface area contributed by atoms with Gasteiger partial charge < -0.3 is 21.1 Å². The third-order valence-electron chi connectivity index (χ3n) is 3.10. The fourth-order valence-electron chi connectivity index (χ4n) is 1.98. The summed E-state index contributed by atoms with van der Waals surface area (Å²) < 4.78 is 5.11. The van der Waals surface area contributed by atoms with Crippen LogP contribution in [0.4, 0.5) is 0 Å². The van der Waals surface area contributed by atoms with E-state index in [-0.39, 0.29) is 24.5 Å². The smallest absolute Gasteiger partial charge is 0.255 e. The molecule has 3 amide bonds. The van der Waals surface area contributed by atoms with E-state index in [0.717, 1.165) is 0 Å². The molecular weight excluding hydrogens is 274 g/mol. The number of hydrogen-bond acceptors (Lipinski definition) is 4.